The molecule has 1 N–H and O–H groups in total. The van der Waals surface area contributed by atoms with Crippen molar-refractivity contribution in [2.24, 2.45) is 0 Å². The second-order valence-electron chi connectivity index (χ2n) is 7.01. The number of amides is 2. The fourth-order valence-corrected chi connectivity index (χ4v) is 3.35. The Morgan fingerprint density at radius 2 is 1.56 bits per heavy atom. The van der Waals surface area contributed by atoms with Gasteiger partial charge in [0.1, 0.15) is 0 Å². The normalized spacial score (nSPS) is 14.8. The van der Waals surface area contributed by atoms with Crippen molar-refractivity contribution in [1.29, 1.82) is 0 Å². The third kappa shape index (κ3) is 5.93. The van der Waals surface area contributed by atoms with Crippen LogP contribution in [0.4, 0.5) is 5.69 Å². The molecule has 1 saturated heterocycles. The molecule has 27 heavy (non-hydrogen) atoms. The van der Waals surface area contributed by atoms with Crippen molar-refractivity contribution >= 4 is 17.5 Å². The summed E-state index contributed by atoms with van der Waals surface area (Å²) < 4.78 is 0. The molecule has 0 saturated carbocycles. The molecule has 1 fully saturated rings. The van der Waals surface area contributed by atoms with E-state index in [1.807, 2.05) is 35.2 Å². The van der Waals surface area contributed by atoms with Crippen LogP contribution in [0, 0.1) is 0 Å². The highest BCUT2D eigenvalue weighted by Crippen LogP contribution is 2.12. The van der Waals surface area contributed by atoms with Gasteiger partial charge in [0.05, 0.1) is 6.42 Å². The molecular weight excluding hydrogens is 338 g/mol. The second-order valence-corrected chi connectivity index (χ2v) is 7.01. The first kappa shape index (κ1) is 19.1. The van der Waals surface area contributed by atoms with E-state index in [0.717, 1.165) is 50.4 Å². The maximum Gasteiger partial charge on any atom is 0.227 e. The van der Waals surface area contributed by atoms with Gasteiger partial charge in [-0.1, -0.05) is 42.5 Å². The minimum atomic E-state index is -0.0936. The molecule has 0 radical (unpaired) electrons. The Hall–Kier alpha value is -2.66. The first-order valence-corrected chi connectivity index (χ1v) is 9.51. The van der Waals surface area contributed by atoms with E-state index >= 15 is 0 Å². The molecule has 0 atom stereocenters. The fourth-order valence-electron chi connectivity index (χ4n) is 3.35. The van der Waals surface area contributed by atoms with Crippen LogP contribution in [0.1, 0.15) is 18.1 Å². The number of nitrogens with one attached hydrogen (secondary N) is 1. The number of hydrogen-bond donors (Lipinski definition) is 1. The molecule has 0 unspecified atom stereocenters. The number of carbonyl (C=O) groups excluding carboxylic acids is 2. The standard InChI is InChI=1S/C22H27N3O2/c1-18(26)23-21-9-7-20(8-10-21)17-22(27)25-15-13-24(14-16-25)12-11-19-5-3-2-4-6-19/h2-10H,11-17H2,1H3,(H,23,26). The molecule has 0 aliphatic carbocycles. The third-order valence-electron chi connectivity index (χ3n) is 4.91. The molecule has 5 nitrogen and oxygen atoms in total. The van der Waals surface area contributed by atoms with Gasteiger partial charge in [0.2, 0.25) is 11.8 Å². The number of benzene rings is 2. The highest BCUT2D eigenvalue weighted by atomic mass is 16.2. The first-order valence-electron chi connectivity index (χ1n) is 9.51. The number of piperazine rings is 1. The van der Waals surface area contributed by atoms with Crippen molar-refractivity contribution < 1.29 is 9.59 Å². The van der Waals surface area contributed by atoms with Gasteiger partial charge in [-0.2, -0.15) is 0 Å². The first-order chi connectivity index (χ1) is 13.1. The Morgan fingerprint density at radius 1 is 0.889 bits per heavy atom. The number of carbonyl (C=O) groups is 2. The van der Waals surface area contributed by atoms with Gasteiger partial charge >= 0.3 is 0 Å². The molecule has 2 aromatic carbocycles. The number of rotatable bonds is 6. The average Bonchev–Trinajstić information content (AvgIpc) is 2.69. The average molecular weight is 365 g/mol. The van der Waals surface area contributed by atoms with E-state index in [1.54, 1.807) is 0 Å². The van der Waals surface area contributed by atoms with Crippen LogP contribution in [0.3, 0.4) is 0 Å². The molecule has 5 heteroatoms. The van der Waals surface area contributed by atoms with Crippen LogP contribution in [0.15, 0.2) is 54.6 Å². The second kappa shape index (κ2) is 9.33. The fraction of sp³-hybridized carbons (Fsp3) is 0.364. The molecule has 0 aromatic heterocycles. The Morgan fingerprint density at radius 3 is 2.19 bits per heavy atom. The van der Waals surface area contributed by atoms with Gasteiger partial charge in [-0.15, -0.1) is 0 Å². The molecule has 2 aromatic rings. The van der Waals surface area contributed by atoms with Gasteiger partial charge in [-0.05, 0) is 29.7 Å². The van der Waals surface area contributed by atoms with Crippen molar-refractivity contribution in [3.8, 4) is 0 Å². The minimum absolute atomic E-state index is 0.0936. The zero-order valence-corrected chi connectivity index (χ0v) is 15.9. The molecule has 2 amide bonds. The van der Waals surface area contributed by atoms with Gasteiger partial charge in [0.25, 0.3) is 0 Å². The van der Waals surface area contributed by atoms with Crippen molar-refractivity contribution in [2.75, 3.05) is 38.0 Å². The monoisotopic (exact) mass is 365 g/mol. The SMILES string of the molecule is CC(=O)Nc1ccc(CC(=O)N2CCN(CCc3ccccc3)CC2)cc1. The molecule has 0 bridgehead atoms. The van der Waals surface area contributed by atoms with Crippen molar-refractivity contribution in [3.63, 3.8) is 0 Å². The zero-order chi connectivity index (χ0) is 19.1. The van der Waals surface area contributed by atoms with Crippen LogP contribution in [-0.2, 0) is 22.4 Å². The van der Waals surface area contributed by atoms with Crippen LogP contribution in [0.5, 0.6) is 0 Å². The van der Waals surface area contributed by atoms with E-state index in [1.165, 1.54) is 12.5 Å². The predicted molar refractivity (Wildman–Crippen MR) is 108 cm³/mol. The Balaban J connectivity index is 1.42. The Bertz CT molecular complexity index is 751. The lowest BCUT2D eigenvalue weighted by molar-refractivity contribution is -0.132. The summed E-state index contributed by atoms with van der Waals surface area (Å²) in [6.45, 7) is 5.96. The maximum atomic E-state index is 12.6. The van der Waals surface area contributed by atoms with Gasteiger partial charge < -0.3 is 10.2 Å². The van der Waals surface area contributed by atoms with Gasteiger partial charge in [-0.25, -0.2) is 0 Å². The number of nitrogens with zero attached hydrogens (tertiary/aromatic N) is 2. The van der Waals surface area contributed by atoms with Gasteiger partial charge in [-0.3, -0.25) is 14.5 Å². The van der Waals surface area contributed by atoms with Crippen molar-refractivity contribution in [1.82, 2.24) is 9.80 Å². The van der Waals surface area contributed by atoms with E-state index in [-0.39, 0.29) is 11.8 Å². The van der Waals surface area contributed by atoms with Gasteiger partial charge in [0.15, 0.2) is 0 Å². The quantitative estimate of drug-likeness (QED) is 0.856. The summed E-state index contributed by atoms with van der Waals surface area (Å²) >= 11 is 0. The summed E-state index contributed by atoms with van der Waals surface area (Å²) in [6.07, 6.45) is 1.46. The summed E-state index contributed by atoms with van der Waals surface area (Å²) in [4.78, 5) is 28.0. The largest absolute Gasteiger partial charge is 0.340 e. The van der Waals surface area contributed by atoms with E-state index in [0.29, 0.717) is 6.42 Å². The van der Waals surface area contributed by atoms with Crippen LogP contribution in [0.2, 0.25) is 0 Å². The van der Waals surface area contributed by atoms with Crippen LogP contribution >= 0.6 is 0 Å². The summed E-state index contributed by atoms with van der Waals surface area (Å²) in [7, 11) is 0. The minimum Gasteiger partial charge on any atom is -0.340 e. The number of anilines is 1. The Kier molecular flexibility index (Phi) is 6.60. The molecule has 3 rings (SSSR count). The highest BCUT2D eigenvalue weighted by Gasteiger charge is 2.20. The summed E-state index contributed by atoms with van der Waals surface area (Å²) in [5, 5.41) is 2.74. The lowest BCUT2D eigenvalue weighted by atomic mass is 10.1. The Labute approximate surface area is 161 Å². The highest BCUT2D eigenvalue weighted by molar-refractivity contribution is 5.88. The molecule has 0 spiro atoms. The van der Waals surface area contributed by atoms with E-state index < -0.39 is 0 Å². The molecule has 1 heterocycles. The summed E-state index contributed by atoms with van der Waals surface area (Å²) in [5.41, 5.74) is 3.09. The van der Waals surface area contributed by atoms with Gasteiger partial charge in [0, 0.05) is 45.3 Å². The number of hydrogen-bond acceptors (Lipinski definition) is 3. The maximum absolute atomic E-state index is 12.6. The predicted octanol–water partition coefficient (Wildman–Crippen LogP) is 2.57. The van der Waals surface area contributed by atoms with E-state index in [2.05, 4.69) is 34.5 Å². The molecular formula is C22H27N3O2. The lowest BCUT2D eigenvalue weighted by Gasteiger charge is -2.34. The van der Waals surface area contributed by atoms with E-state index in [9.17, 15) is 9.59 Å². The topological polar surface area (TPSA) is 52.7 Å². The molecule has 1 aliphatic heterocycles. The molecule has 1 aliphatic rings. The smallest absolute Gasteiger partial charge is 0.227 e. The van der Waals surface area contributed by atoms with Crippen LogP contribution < -0.4 is 5.32 Å². The third-order valence-corrected chi connectivity index (χ3v) is 4.91. The van der Waals surface area contributed by atoms with Crippen molar-refractivity contribution in [2.45, 2.75) is 19.8 Å². The van der Waals surface area contributed by atoms with Crippen molar-refractivity contribution in [3.05, 3.63) is 65.7 Å². The summed E-state index contributed by atoms with van der Waals surface area (Å²) in [6, 6.07) is 18.0. The van der Waals surface area contributed by atoms with Crippen LogP contribution in [-0.4, -0.2) is 54.3 Å². The van der Waals surface area contributed by atoms with Crippen LogP contribution in [0.25, 0.3) is 0 Å². The summed E-state index contributed by atoms with van der Waals surface area (Å²) in [5.74, 6) is 0.0777. The van der Waals surface area contributed by atoms with E-state index in [4.69, 9.17) is 0 Å². The molecule has 142 valence electrons. The lowest BCUT2D eigenvalue weighted by Crippen LogP contribution is -2.49. The zero-order valence-electron chi connectivity index (χ0n) is 15.9.